The van der Waals surface area contributed by atoms with E-state index in [2.05, 4.69) is 42.6 Å². The number of aromatic nitrogens is 2. The molecule has 2 rings (SSSR count). The maximum Gasteiger partial charge on any atom is 0.0951 e. The first-order valence-corrected chi connectivity index (χ1v) is 7.22. The van der Waals surface area contributed by atoms with Gasteiger partial charge in [-0.3, -0.25) is 0 Å². The predicted molar refractivity (Wildman–Crippen MR) is 75.5 cm³/mol. The molecule has 3 nitrogen and oxygen atoms in total. The molecule has 1 aromatic heterocycles. The Bertz CT molecular complexity index is 379. The van der Waals surface area contributed by atoms with Crippen molar-refractivity contribution in [3.8, 4) is 0 Å². The van der Waals surface area contributed by atoms with Crippen molar-refractivity contribution in [3.05, 3.63) is 18.2 Å². The van der Waals surface area contributed by atoms with Crippen LogP contribution in [-0.4, -0.2) is 15.6 Å². The number of nitrogens with one attached hydrogen (secondary N) is 1. The van der Waals surface area contributed by atoms with Crippen molar-refractivity contribution >= 4 is 0 Å². The highest BCUT2D eigenvalue weighted by Gasteiger charge is 2.29. The van der Waals surface area contributed by atoms with E-state index in [1.165, 1.54) is 31.4 Å². The molecule has 1 heterocycles. The third-order valence-electron chi connectivity index (χ3n) is 4.01. The zero-order valence-corrected chi connectivity index (χ0v) is 12.2. The van der Waals surface area contributed by atoms with E-state index in [0.29, 0.717) is 17.5 Å². The van der Waals surface area contributed by atoms with Crippen LogP contribution in [0.5, 0.6) is 0 Å². The third kappa shape index (κ3) is 3.35. The second-order valence-corrected chi connectivity index (χ2v) is 6.74. The molecule has 1 atom stereocenters. The monoisotopic (exact) mass is 249 g/mol. The van der Waals surface area contributed by atoms with Crippen LogP contribution in [0.2, 0.25) is 0 Å². The van der Waals surface area contributed by atoms with Crippen molar-refractivity contribution in [2.45, 2.75) is 72.0 Å². The van der Waals surface area contributed by atoms with Crippen molar-refractivity contribution in [2.24, 2.45) is 5.41 Å². The summed E-state index contributed by atoms with van der Waals surface area (Å²) in [7, 11) is 0. The van der Waals surface area contributed by atoms with Gasteiger partial charge in [-0.1, -0.05) is 34.1 Å². The number of nitrogens with zero attached hydrogens (tertiary/aromatic N) is 2. The van der Waals surface area contributed by atoms with E-state index in [-0.39, 0.29) is 0 Å². The number of rotatable bonds is 4. The fraction of sp³-hybridized carbons (Fsp3) is 0.800. The minimum absolute atomic E-state index is 0.482. The second-order valence-electron chi connectivity index (χ2n) is 6.74. The highest BCUT2D eigenvalue weighted by molar-refractivity contribution is 5.02. The van der Waals surface area contributed by atoms with E-state index >= 15 is 0 Å². The van der Waals surface area contributed by atoms with Crippen LogP contribution in [0.25, 0.3) is 0 Å². The molecule has 1 fully saturated rings. The van der Waals surface area contributed by atoms with Crippen LogP contribution < -0.4 is 5.32 Å². The summed E-state index contributed by atoms with van der Waals surface area (Å²) in [4.78, 5) is 4.35. The summed E-state index contributed by atoms with van der Waals surface area (Å²) >= 11 is 0. The summed E-state index contributed by atoms with van der Waals surface area (Å²) in [5.41, 5.74) is 1.81. The minimum atomic E-state index is 0.482. The van der Waals surface area contributed by atoms with Gasteiger partial charge in [0.1, 0.15) is 0 Å². The van der Waals surface area contributed by atoms with E-state index in [4.69, 9.17) is 0 Å². The van der Waals surface area contributed by atoms with Gasteiger partial charge in [0.15, 0.2) is 0 Å². The fourth-order valence-corrected chi connectivity index (χ4v) is 3.00. The predicted octanol–water partition coefficient (Wildman–Crippen LogP) is 3.52. The summed E-state index contributed by atoms with van der Waals surface area (Å²) in [6.07, 6.45) is 9.30. The highest BCUT2D eigenvalue weighted by atomic mass is 15.1. The summed E-state index contributed by atoms with van der Waals surface area (Å²) in [6.45, 7) is 10.1. The van der Waals surface area contributed by atoms with Gasteiger partial charge in [0.05, 0.1) is 12.0 Å². The van der Waals surface area contributed by atoms with Crippen LogP contribution in [0.15, 0.2) is 12.5 Å². The molecule has 0 aliphatic heterocycles. The van der Waals surface area contributed by atoms with E-state index in [1.807, 2.05) is 12.5 Å². The molecule has 1 aliphatic rings. The lowest BCUT2D eigenvalue weighted by molar-refractivity contribution is 0.181. The quantitative estimate of drug-likeness (QED) is 0.884. The lowest BCUT2D eigenvalue weighted by atomic mass is 9.75. The molecular weight excluding hydrogens is 222 g/mol. The van der Waals surface area contributed by atoms with Crippen LogP contribution >= 0.6 is 0 Å². The molecule has 102 valence electrons. The zero-order chi connectivity index (χ0) is 13.2. The number of imidazole rings is 1. The molecular formula is C15H27N3. The zero-order valence-electron chi connectivity index (χ0n) is 12.2. The molecule has 0 bridgehead atoms. The Labute approximate surface area is 111 Å². The maximum absolute atomic E-state index is 4.35. The van der Waals surface area contributed by atoms with Gasteiger partial charge in [-0.05, 0) is 24.7 Å². The number of hydrogen-bond acceptors (Lipinski definition) is 2. The third-order valence-corrected chi connectivity index (χ3v) is 4.01. The van der Waals surface area contributed by atoms with E-state index in [9.17, 15) is 0 Å². The molecule has 18 heavy (non-hydrogen) atoms. The highest BCUT2D eigenvalue weighted by Crippen LogP contribution is 2.41. The number of hydrogen-bond donors (Lipinski definition) is 1. The van der Waals surface area contributed by atoms with E-state index < -0.39 is 0 Å². The van der Waals surface area contributed by atoms with Gasteiger partial charge >= 0.3 is 0 Å². The fourth-order valence-electron chi connectivity index (χ4n) is 3.00. The van der Waals surface area contributed by atoms with Crippen LogP contribution in [0.3, 0.4) is 0 Å². The van der Waals surface area contributed by atoms with Crippen LogP contribution in [0.4, 0.5) is 0 Å². The SMILES string of the molecule is CC(C)NCc1cncn1C1CCCC(C)(C)C1. The topological polar surface area (TPSA) is 29.9 Å². The standard InChI is InChI=1S/C15H27N3/c1-12(2)17-10-14-9-16-11-18(14)13-6-5-7-15(3,4)8-13/h9,11-13,17H,5-8,10H2,1-4H3. The Morgan fingerprint density at radius 2 is 2.28 bits per heavy atom. The lowest BCUT2D eigenvalue weighted by Gasteiger charge is -2.36. The normalized spacial score (nSPS) is 23.5. The van der Waals surface area contributed by atoms with Gasteiger partial charge in [0.25, 0.3) is 0 Å². The van der Waals surface area contributed by atoms with Crippen LogP contribution in [0, 0.1) is 5.41 Å². The van der Waals surface area contributed by atoms with Crippen molar-refractivity contribution in [1.82, 2.24) is 14.9 Å². The Kier molecular flexibility index (Phi) is 4.10. The molecule has 0 amide bonds. The first-order valence-electron chi connectivity index (χ1n) is 7.22. The molecule has 1 N–H and O–H groups in total. The largest absolute Gasteiger partial charge is 0.330 e. The molecule has 0 saturated heterocycles. The summed E-state index contributed by atoms with van der Waals surface area (Å²) < 4.78 is 2.40. The van der Waals surface area contributed by atoms with Gasteiger partial charge in [-0.2, -0.15) is 0 Å². The Morgan fingerprint density at radius 1 is 1.50 bits per heavy atom. The summed E-state index contributed by atoms with van der Waals surface area (Å²) in [5.74, 6) is 0. The second kappa shape index (κ2) is 5.43. The molecule has 1 aliphatic carbocycles. The van der Waals surface area contributed by atoms with E-state index in [0.717, 1.165) is 6.54 Å². The molecule has 0 spiro atoms. The lowest BCUT2D eigenvalue weighted by Crippen LogP contribution is -2.28. The van der Waals surface area contributed by atoms with Gasteiger partial charge in [0.2, 0.25) is 0 Å². The van der Waals surface area contributed by atoms with Crippen molar-refractivity contribution in [3.63, 3.8) is 0 Å². The first-order chi connectivity index (χ1) is 8.48. The molecule has 0 aromatic carbocycles. The minimum Gasteiger partial charge on any atom is -0.330 e. The molecule has 1 saturated carbocycles. The van der Waals surface area contributed by atoms with Crippen molar-refractivity contribution in [2.75, 3.05) is 0 Å². The molecule has 1 aromatic rings. The summed E-state index contributed by atoms with van der Waals surface area (Å²) in [5, 5.41) is 3.49. The Balaban J connectivity index is 2.06. The Morgan fingerprint density at radius 3 is 2.94 bits per heavy atom. The van der Waals surface area contributed by atoms with Crippen molar-refractivity contribution < 1.29 is 0 Å². The van der Waals surface area contributed by atoms with Gasteiger partial charge < -0.3 is 9.88 Å². The summed E-state index contributed by atoms with van der Waals surface area (Å²) in [6, 6.07) is 1.16. The first kappa shape index (κ1) is 13.6. The molecule has 3 heteroatoms. The van der Waals surface area contributed by atoms with Crippen molar-refractivity contribution in [1.29, 1.82) is 0 Å². The van der Waals surface area contributed by atoms with Crippen LogP contribution in [-0.2, 0) is 6.54 Å². The average Bonchev–Trinajstić information content (AvgIpc) is 2.73. The van der Waals surface area contributed by atoms with Gasteiger partial charge in [0, 0.05) is 24.8 Å². The average molecular weight is 249 g/mol. The van der Waals surface area contributed by atoms with Gasteiger partial charge in [-0.15, -0.1) is 0 Å². The van der Waals surface area contributed by atoms with Crippen LogP contribution in [0.1, 0.15) is 65.1 Å². The molecule has 1 unspecified atom stereocenters. The van der Waals surface area contributed by atoms with E-state index in [1.54, 1.807) is 0 Å². The van der Waals surface area contributed by atoms with Gasteiger partial charge in [-0.25, -0.2) is 4.98 Å². The smallest absolute Gasteiger partial charge is 0.0951 e. The Hall–Kier alpha value is -0.830. The maximum atomic E-state index is 4.35. The molecule has 0 radical (unpaired) electrons.